The average molecular weight is 270 g/mol. The van der Waals surface area contributed by atoms with Crippen LogP contribution >= 0.6 is 0 Å². The van der Waals surface area contributed by atoms with E-state index in [1.165, 1.54) is 0 Å². The number of anilines is 1. The zero-order chi connectivity index (χ0) is 14.0. The second-order valence-corrected chi connectivity index (χ2v) is 3.75. The number of amides is 1. The SMILES string of the molecule is O=C(O)C1=NOC(C(=O)Nc2cc(F)ccc2F)C1. The van der Waals surface area contributed by atoms with Gasteiger partial charge in [-0.2, -0.15) is 0 Å². The number of hydrogen-bond acceptors (Lipinski definition) is 4. The molecular weight excluding hydrogens is 262 g/mol. The maximum Gasteiger partial charge on any atom is 0.353 e. The third-order valence-electron chi connectivity index (χ3n) is 2.39. The molecule has 0 radical (unpaired) electrons. The van der Waals surface area contributed by atoms with Gasteiger partial charge in [-0.3, -0.25) is 4.79 Å². The fourth-order valence-corrected chi connectivity index (χ4v) is 1.45. The molecule has 1 atom stereocenters. The summed E-state index contributed by atoms with van der Waals surface area (Å²) in [6, 6.07) is 2.57. The predicted molar refractivity (Wildman–Crippen MR) is 59.5 cm³/mol. The summed E-state index contributed by atoms with van der Waals surface area (Å²) in [5, 5.41) is 13.9. The predicted octanol–water partition coefficient (Wildman–Crippen LogP) is 1.13. The maximum absolute atomic E-state index is 13.3. The van der Waals surface area contributed by atoms with Gasteiger partial charge >= 0.3 is 5.97 Å². The zero-order valence-electron chi connectivity index (χ0n) is 9.39. The molecule has 1 aromatic rings. The lowest BCUT2D eigenvalue weighted by molar-refractivity contribution is -0.129. The summed E-state index contributed by atoms with van der Waals surface area (Å²) in [6.07, 6.45) is -1.41. The van der Waals surface area contributed by atoms with Gasteiger partial charge in [-0.1, -0.05) is 5.16 Å². The molecule has 0 spiro atoms. The highest BCUT2D eigenvalue weighted by atomic mass is 19.1. The van der Waals surface area contributed by atoms with Crippen molar-refractivity contribution in [2.24, 2.45) is 5.16 Å². The van der Waals surface area contributed by atoms with Gasteiger partial charge in [-0.25, -0.2) is 13.6 Å². The highest BCUT2D eigenvalue weighted by Crippen LogP contribution is 2.18. The summed E-state index contributed by atoms with van der Waals surface area (Å²) in [6.45, 7) is 0. The van der Waals surface area contributed by atoms with E-state index >= 15 is 0 Å². The van der Waals surface area contributed by atoms with Gasteiger partial charge in [0.15, 0.2) is 5.71 Å². The Hall–Kier alpha value is -2.51. The lowest BCUT2D eigenvalue weighted by atomic mass is 10.1. The molecule has 0 saturated carbocycles. The Morgan fingerprint density at radius 1 is 1.42 bits per heavy atom. The number of halogens is 2. The third-order valence-corrected chi connectivity index (χ3v) is 2.39. The summed E-state index contributed by atoms with van der Waals surface area (Å²) in [5.41, 5.74) is -0.655. The third kappa shape index (κ3) is 2.84. The molecule has 0 aromatic heterocycles. The van der Waals surface area contributed by atoms with E-state index in [-0.39, 0.29) is 17.8 Å². The summed E-state index contributed by atoms with van der Waals surface area (Å²) < 4.78 is 26.2. The molecule has 1 aliphatic rings. The Bertz CT molecular complexity index is 574. The van der Waals surface area contributed by atoms with Crippen molar-refractivity contribution in [2.45, 2.75) is 12.5 Å². The van der Waals surface area contributed by atoms with Crippen molar-refractivity contribution in [1.29, 1.82) is 0 Å². The Morgan fingerprint density at radius 3 is 2.79 bits per heavy atom. The molecule has 0 saturated heterocycles. The van der Waals surface area contributed by atoms with Gasteiger partial charge in [-0.05, 0) is 12.1 Å². The van der Waals surface area contributed by atoms with E-state index in [9.17, 15) is 18.4 Å². The molecule has 6 nitrogen and oxygen atoms in total. The first-order valence-electron chi connectivity index (χ1n) is 5.19. The van der Waals surface area contributed by atoms with E-state index in [2.05, 4.69) is 15.3 Å². The Labute approximate surface area is 105 Å². The molecule has 0 fully saturated rings. The van der Waals surface area contributed by atoms with Gasteiger partial charge in [0.25, 0.3) is 5.91 Å². The molecule has 2 rings (SSSR count). The lowest BCUT2D eigenvalue weighted by Gasteiger charge is -2.09. The van der Waals surface area contributed by atoms with Crippen molar-refractivity contribution >= 4 is 23.3 Å². The number of nitrogens with zero attached hydrogens (tertiary/aromatic N) is 1. The minimum atomic E-state index is -1.30. The number of oxime groups is 1. The van der Waals surface area contributed by atoms with Crippen LogP contribution in [0.25, 0.3) is 0 Å². The van der Waals surface area contributed by atoms with Crippen molar-refractivity contribution < 1.29 is 28.3 Å². The van der Waals surface area contributed by atoms with E-state index in [1.807, 2.05) is 0 Å². The average Bonchev–Trinajstić information content (AvgIpc) is 2.83. The largest absolute Gasteiger partial charge is 0.477 e. The van der Waals surface area contributed by atoms with Crippen LogP contribution in [0.2, 0.25) is 0 Å². The summed E-state index contributed by atoms with van der Waals surface area (Å²) >= 11 is 0. The van der Waals surface area contributed by atoms with E-state index in [4.69, 9.17) is 5.11 Å². The number of hydrogen-bond donors (Lipinski definition) is 2. The van der Waals surface area contributed by atoms with E-state index < -0.39 is 29.6 Å². The number of carboxylic acid groups (broad SMARTS) is 1. The monoisotopic (exact) mass is 270 g/mol. The Kier molecular flexibility index (Phi) is 3.41. The topological polar surface area (TPSA) is 88.0 Å². The fourth-order valence-electron chi connectivity index (χ4n) is 1.45. The lowest BCUT2D eigenvalue weighted by Crippen LogP contribution is -2.29. The van der Waals surface area contributed by atoms with Crippen LogP contribution in [-0.2, 0) is 14.4 Å². The highest BCUT2D eigenvalue weighted by molar-refractivity contribution is 6.36. The van der Waals surface area contributed by atoms with Gasteiger partial charge in [-0.15, -0.1) is 0 Å². The molecule has 1 heterocycles. The van der Waals surface area contributed by atoms with Gasteiger partial charge in [0.2, 0.25) is 6.10 Å². The summed E-state index contributed by atoms with van der Waals surface area (Å²) in [4.78, 5) is 26.8. The second kappa shape index (κ2) is 5.01. The fraction of sp³-hybridized carbons (Fsp3) is 0.182. The molecule has 1 aromatic carbocycles. The minimum absolute atomic E-state index is 0.238. The molecule has 2 N–H and O–H groups in total. The van der Waals surface area contributed by atoms with E-state index in [0.717, 1.165) is 18.2 Å². The number of rotatable bonds is 3. The van der Waals surface area contributed by atoms with Crippen LogP contribution in [0.4, 0.5) is 14.5 Å². The minimum Gasteiger partial charge on any atom is -0.477 e. The number of benzene rings is 1. The number of aliphatic carboxylic acids is 1. The smallest absolute Gasteiger partial charge is 0.353 e. The molecule has 1 amide bonds. The quantitative estimate of drug-likeness (QED) is 0.861. The Morgan fingerprint density at radius 2 is 2.16 bits per heavy atom. The first-order valence-corrected chi connectivity index (χ1v) is 5.19. The van der Waals surface area contributed by atoms with Gasteiger partial charge < -0.3 is 15.3 Å². The van der Waals surface area contributed by atoms with Gasteiger partial charge in [0.05, 0.1) is 5.69 Å². The van der Waals surface area contributed by atoms with Crippen molar-refractivity contribution in [2.75, 3.05) is 5.32 Å². The zero-order valence-corrected chi connectivity index (χ0v) is 9.39. The maximum atomic E-state index is 13.3. The van der Waals surface area contributed by atoms with Crippen LogP contribution in [0.15, 0.2) is 23.4 Å². The number of carbonyl (C=O) groups excluding carboxylic acids is 1. The standard InChI is InChI=1S/C11H8F2N2O4/c12-5-1-2-6(13)7(3-5)14-10(16)9-4-8(11(17)18)15-19-9/h1-3,9H,4H2,(H,14,16)(H,17,18). The van der Waals surface area contributed by atoms with Crippen molar-refractivity contribution in [3.8, 4) is 0 Å². The van der Waals surface area contributed by atoms with Crippen LogP contribution < -0.4 is 5.32 Å². The van der Waals surface area contributed by atoms with Crippen LogP contribution in [0.5, 0.6) is 0 Å². The molecule has 0 aliphatic carbocycles. The second-order valence-electron chi connectivity index (χ2n) is 3.75. The molecule has 1 aliphatic heterocycles. The molecular formula is C11H8F2N2O4. The van der Waals surface area contributed by atoms with Crippen LogP contribution in [-0.4, -0.2) is 28.8 Å². The Balaban J connectivity index is 2.03. The molecule has 0 bridgehead atoms. The van der Waals surface area contributed by atoms with Crippen molar-refractivity contribution in [1.82, 2.24) is 0 Å². The van der Waals surface area contributed by atoms with E-state index in [1.54, 1.807) is 0 Å². The molecule has 19 heavy (non-hydrogen) atoms. The normalized spacial score (nSPS) is 17.6. The van der Waals surface area contributed by atoms with Crippen LogP contribution in [0, 0.1) is 11.6 Å². The number of carbonyl (C=O) groups is 2. The van der Waals surface area contributed by atoms with Crippen molar-refractivity contribution in [3.63, 3.8) is 0 Å². The van der Waals surface area contributed by atoms with Gasteiger partial charge in [0.1, 0.15) is 11.6 Å². The highest BCUT2D eigenvalue weighted by Gasteiger charge is 2.31. The molecule has 1 unspecified atom stereocenters. The van der Waals surface area contributed by atoms with Crippen LogP contribution in [0.3, 0.4) is 0 Å². The molecule has 8 heteroatoms. The van der Waals surface area contributed by atoms with E-state index in [0.29, 0.717) is 0 Å². The number of nitrogens with one attached hydrogen (secondary N) is 1. The summed E-state index contributed by atoms with van der Waals surface area (Å²) in [7, 11) is 0. The van der Waals surface area contributed by atoms with Gasteiger partial charge in [0, 0.05) is 12.5 Å². The first kappa shape index (κ1) is 12.9. The van der Waals surface area contributed by atoms with Crippen LogP contribution in [0.1, 0.15) is 6.42 Å². The summed E-state index contributed by atoms with van der Waals surface area (Å²) in [5.74, 6) is -3.63. The van der Waals surface area contributed by atoms with Crippen molar-refractivity contribution in [3.05, 3.63) is 29.8 Å². The molecule has 100 valence electrons. The number of carboxylic acids is 1. The first-order chi connectivity index (χ1) is 8.97.